The molecule has 0 aromatic rings. The van der Waals surface area contributed by atoms with Crippen molar-refractivity contribution in [1.82, 2.24) is 0 Å². The van der Waals surface area contributed by atoms with Crippen LogP contribution in [0.1, 0.15) is 34.6 Å². The van der Waals surface area contributed by atoms with Gasteiger partial charge in [-0.15, -0.1) is 0 Å². The van der Waals surface area contributed by atoms with Crippen LogP contribution < -0.4 is 0 Å². The van der Waals surface area contributed by atoms with Gasteiger partial charge in [0, 0.05) is 5.60 Å². The lowest BCUT2D eigenvalue weighted by Gasteiger charge is -2.24. The molecule has 0 saturated heterocycles. The monoisotopic (exact) mass is 158 g/mol. The lowest BCUT2D eigenvalue weighted by Crippen LogP contribution is -2.29. The van der Waals surface area contributed by atoms with E-state index in [0.717, 1.165) is 0 Å². The fourth-order valence-corrected chi connectivity index (χ4v) is 2.87. The average molecular weight is 158 g/mol. The molecule has 0 spiro atoms. The van der Waals surface area contributed by atoms with E-state index < -0.39 is 14.5 Å². The van der Waals surface area contributed by atoms with Gasteiger partial charge in [-0.1, -0.05) is 24.4 Å². The van der Waals surface area contributed by atoms with Crippen LogP contribution in [0.5, 0.6) is 0 Å². The van der Waals surface area contributed by atoms with Crippen molar-refractivity contribution in [2.75, 3.05) is 0 Å². The molecule has 0 aromatic carbocycles. The van der Waals surface area contributed by atoms with Gasteiger partial charge >= 0.3 is 14.5 Å². The standard InChI is InChI=1S/C4H9O.2C2H5.Al/c1-4(2,3)5;2*1-2;/h1-3H3;2*1H2,2H3;/q-1;;;+1. The molecule has 0 heterocycles. The van der Waals surface area contributed by atoms with Crippen molar-refractivity contribution in [3.8, 4) is 0 Å². The van der Waals surface area contributed by atoms with E-state index in [2.05, 4.69) is 34.6 Å². The topological polar surface area (TPSA) is 9.23 Å². The Morgan fingerprint density at radius 1 is 1.10 bits per heavy atom. The van der Waals surface area contributed by atoms with Crippen molar-refractivity contribution >= 4 is 14.5 Å². The van der Waals surface area contributed by atoms with Crippen molar-refractivity contribution in [3.05, 3.63) is 0 Å². The molecule has 0 fully saturated rings. The normalized spacial score (nSPS) is 11.7. The van der Waals surface area contributed by atoms with E-state index in [1.165, 1.54) is 10.6 Å². The zero-order valence-electron chi connectivity index (χ0n) is 7.90. The molecular formula is C8H19AlO. The van der Waals surface area contributed by atoms with E-state index in [9.17, 15) is 0 Å². The summed E-state index contributed by atoms with van der Waals surface area (Å²) in [7, 11) is 0. The molecule has 0 N–H and O–H groups in total. The summed E-state index contributed by atoms with van der Waals surface area (Å²) in [6, 6.07) is 0. The Bertz CT molecular complexity index is 81.7. The van der Waals surface area contributed by atoms with Gasteiger partial charge in [0.15, 0.2) is 0 Å². The summed E-state index contributed by atoms with van der Waals surface area (Å²) in [4.78, 5) is 0. The van der Waals surface area contributed by atoms with Gasteiger partial charge in [0.05, 0.1) is 0 Å². The summed E-state index contributed by atoms with van der Waals surface area (Å²) in [5, 5.41) is 2.52. The van der Waals surface area contributed by atoms with Crippen LogP contribution in [0, 0.1) is 0 Å². The van der Waals surface area contributed by atoms with Gasteiger partial charge in [-0.3, -0.25) is 0 Å². The van der Waals surface area contributed by atoms with E-state index in [4.69, 9.17) is 3.79 Å². The minimum absolute atomic E-state index is 0.0862. The Morgan fingerprint density at radius 2 is 1.50 bits per heavy atom. The second-order valence-corrected chi connectivity index (χ2v) is 6.78. The van der Waals surface area contributed by atoms with Crippen LogP contribution in [0.4, 0.5) is 0 Å². The zero-order chi connectivity index (χ0) is 8.20. The molecular weight excluding hydrogens is 139 g/mol. The van der Waals surface area contributed by atoms with Gasteiger partial charge in [0.1, 0.15) is 0 Å². The van der Waals surface area contributed by atoms with Crippen LogP contribution in [-0.4, -0.2) is 20.1 Å². The first-order chi connectivity index (χ1) is 4.49. The average Bonchev–Trinajstić information content (AvgIpc) is 1.81. The maximum absolute atomic E-state index is 5.88. The minimum Gasteiger partial charge on any atom is -0.496 e. The molecule has 0 rings (SSSR count). The highest BCUT2D eigenvalue weighted by Gasteiger charge is 2.21. The molecule has 0 aliphatic heterocycles. The summed E-state index contributed by atoms with van der Waals surface area (Å²) >= 11 is -0.817. The predicted octanol–water partition coefficient (Wildman–Crippen LogP) is 2.83. The quantitative estimate of drug-likeness (QED) is 0.574. The Hall–Kier alpha value is 0.492. The second-order valence-electron chi connectivity index (χ2n) is 3.67. The first-order valence-electron chi connectivity index (χ1n) is 4.17. The van der Waals surface area contributed by atoms with E-state index in [1.807, 2.05) is 0 Å². The maximum atomic E-state index is 5.88. The maximum Gasteiger partial charge on any atom is 0.460 e. The second kappa shape index (κ2) is 4.39. The Morgan fingerprint density at radius 3 is 1.60 bits per heavy atom. The highest BCUT2D eigenvalue weighted by atomic mass is 27.2. The zero-order valence-corrected chi connectivity index (χ0v) is 9.05. The first kappa shape index (κ1) is 10.5. The largest absolute Gasteiger partial charge is 0.496 e. The van der Waals surface area contributed by atoms with Gasteiger partial charge in [0.2, 0.25) is 0 Å². The highest BCUT2D eigenvalue weighted by molar-refractivity contribution is 6.51. The van der Waals surface area contributed by atoms with E-state index in [0.29, 0.717) is 0 Å². The van der Waals surface area contributed by atoms with Crippen LogP contribution >= 0.6 is 0 Å². The van der Waals surface area contributed by atoms with E-state index >= 15 is 0 Å². The molecule has 0 radical (unpaired) electrons. The van der Waals surface area contributed by atoms with E-state index in [-0.39, 0.29) is 5.60 Å². The van der Waals surface area contributed by atoms with Crippen molar-refractivity contribution in [2.45, 2.75) is 50.8 Å². The molecule has 10 heavy (non-hydrogen) atoms. The predicted molar refractivity (Wildman–Crippen MR) is 47.6 cm³/mol. The molecule has 2 heteroatoms. The number of hydrogen-bond acceptors (Lipinski definition) is 1. The SMILES string of the molecule is C[CH2][Al]([CH2]C)[O]C(C)(C)C. The highest BCUT2D eigenvalue weighted by Crippen LogP contribution is 2.12. The molecule has 0 unspecified atom stereocenters. The smallest absolute Gasteiger partial charge is 0.460 e. The molecule has 0 aliphatic rings. The molecule has 0 amide bonds. The number of hydrogen-bond donors (Lipinski definition) is 0. The van der Waals surface area contributed by atoms with Crippen LogP contribution in [0.15, 0.2) is 0 Å². The van der Waals surface area contributed by atoms with Crippen LogP contribution in [0.25, 0.3) is 0 Å². The summed E-state index contributed by atoms with van der Waals surface area (Å²) in [6.45, 7) is 10.9. The Labute approximate surface area is 69.5 Å². The number of rotatable bonds is 3. The van der Waals surface area contributed by atoms with Crippen LogP contribution in [0.3, 0.4) is 0 Å². The molecule has 0 aliphatic carbocycles. The third-order valence-electron chi connectivity index (χ3n) is 1.43. The van der Waals surface area contributed by atoms with Crippen LogP contribution in [0.2, 0.25) is 10.6 Å². The van der Waals surface area contributed by atoms with Gasteiger partial charge in [0.25, 0.3) is 0 Å². The van der Waals surface area contributed by atoms with Crippen molar-refractivity contribution in [2.24, 2.45) is 0 Å². The van der Waals surface area contributed by atoms with Crippen LogP contribution in [-0.2, 0) is 3.79 Å². The first-order valence-corrected chi connectivity index (χ1v) is 6.27. The molecule has 0 atom stereocenters. The molecule has 0 bridgehead atoms. The van der Waals surface area contributed by atoms with Gasteiger partial charge in [-0.25, -0.2) is 0 Å². The van der Waals surface area contributed by atoms with Gasteiger partial charge in [-0.05, 0) is 20.8 Å². The summed E-state index contributed by atoms with van der Waals surface area (Å²) in [5.74, 6) is 0. The lowest BCUT2D eigenvalue weighted by molar-refractivity contribution is 0.128. The van der Waals surface area contributed by atoms with Crippen molar-refractivity contribution in [1.29, 1.82) is 0 Å². The fraction of sp³-hybridized carbons (Fsp3) is 1.00. The van der Waals surface area contributed by atoms with Crippen molar-refractivity contribution in [3.63, 3.8) is 0 Å². The van der Waals surface area contributed by atoms with E-state index in [1.54, 1.807) is 0 Å². The Balaban J connectivity index is 3.63. The minimum atomic E-state index is -0.817. The lowest BCUT2D eigenvalue weighted by atomic mass is 10.2. The summed E-state index contributed by atoms with van der Waals surface area (Å²) < 4.78 is 5.88. The van der Waals surface area contributed by atoms with Gasteiger partial charge < -0.3 is 3.79 Å². The molecule has 0 aromatic heterocycles. The molecule has 0 saturated carbocycles. The van der Waals surface area contributed by atoms with Gasteiger partial charge in [-0.2, -0.15) is 0 Å². The summed E-state index contributed by atoms with van der Waals surface area (Å²) in [5.41, 5.74) is 0.0862. The third-order valence-corrected chi connectivity index (χ3v) is 4.29. The third kappa shape index (κ3) is 5.29. The molecule has 60 valence electrons. The molecule has 1 nitrogen and oxygen atoms in total. The fourth-order valence-electron chi connectivity index (χ4n) is 0.955. The summed E-state index contributed by atoms with van der Waals surface area (Å²) in [6.07, 6.45) is 0. The van der Waals surface area contributed by atoms with Crippen molar-refractivity contribution < 1.29 is 3.79 Å². The Kier molecular flexibility index (Phi) is 4.60.